The standard InChI is InChI=1S/C17H18ClN/c1-13(2)6-11-16(17-5-3-4-12-19-17)14-7-9-15(18)10-8-14/h3-5,7-13H,6H2,1-2H3/b16-11+. The van der Waals surface area contributed by atoms with Crippen molar-refractivity contribution in [3.63, 3.8) is 0 Å². The van der Waals surface area contributed by atoms with E-state index in [1.807, 2.05) is 48.7 Å². The lowest BCUT2D eigenvalue weighted by Gasteiger charge is -2.09. The number of rotatable bonds is 4. The van der Waals surface area contributed by atoms with Crippen molar-refractivity contribution in [1.29, 1.82) is 0 Å². The minimum absolute atomic E-state index is 0.631. The average Bonchev–Trinajstić information content (AvgIpc) is 2.42. The van der Waals surface area contributed by atoms with Crippen molar-refractivity contribution in [2.75, 3.05) is 0 Å². The van der Waals surface area contributed by atoms with Crippen LogP contribution in [0.15, 0.2) is 54.7 Å². The summed E-state index contributed by atoms with van der Waals surface area (Å²) in [4.78, 5) is 4.45. The molecule has 2 aromatic rings. The molecule has 19 heavy (non-hydrogen) atoms. The van der Waals surface area contributed by atoms with Crippen molar-refractivity contribution in [2.45, 2.75) is 20.3 Å². The summed E-state index contributed by atoms with van der Waals surface area (Å²) >= 11 is 5.95. The van der Waals surface area contributed by atoms with E-state index in [9.17, 15) is 0 Å². The molecule has 98 valence electrons. The van der Waals surface area contributed by atoms with Crippen LogP contribution >= 0.6 is 11.6 Å². The summed E-state index contributed by atoms with van der Waals surface area (Å²) in [5.41, 5.74) is 3.33. The van der Waals surface area contributed by atoms with Crippen LogP contribution in [0.5, 0.6) is 0 Å². The van der Waals surface area contributed by atoms with Crippen LogP contribution in [-0.2, 0) is 0 Å². The Morgan fingerprint density at radius 3 is 2.47 bits per heavy atom. The summed E-state index contributed by atoms with van der Waals surface area (Å²) in [7, 11) is 0. The molecule has 1 heterocycles. The number of benzene rings is 1. The van der Waals surface area contributed by atoms with E-state index in [0.717, 1.165) is 22.7 Å². The zero-order valence-electron chi connectivity index (χ0n) is 11.3. The quantitative estimate of drug-likeness (QED) is 0.744. The molecule has 0 atom stereocenters. The van der Waals surface area contributed by atoms with Crippen LogP contribution in [0.4, 0.5) is 0 Å². The maximum atomic E-state index is 5.95. The zero-order chi connectivity index (χ0) is 13.7. The van der Waals surface area contributed by atoms with Crippen LogP contribution in [0.1, 0.15) is 31.5 Å². The largest absolute Gasteiger partial charge is 0.256 e. The predicted molar refractivity (Wildman–Crippen MR) is 82.2 cm³/mol. The molecule has 0 radical (unpaired) electrons. The number of nitrogens with zero attached hydrogens (tertiary/aromatic N) is 1. The Hall–Kier alpha value is -1.60. The van der Waals surface area contributed by atoms with E-state index in [1.165, 1.54) is 5.57 Å². The van der Waals surface area contributed by atoms with Gasteiger partial charge >= 0.3 is 0 Å². The van der Waals surface area contributed by atoms with Crippen LogP contribution in [-0.4, -0.2) is 4.98 Å². The van der Waals surface area contributed by atoms with Crippen molar-refractivity contribution >= 4 is 17.2 Å². The molecule has 0 amide bonds. The molecule has 0 aliphatic carbocycles. The summed E-state index contributed by atoms with van der Waals surface area (Å²) in [5.74, 6) is 0.631. The van der Waals surface area contributed by atoms with Crippen molar-refractivity contribution in [3.8, 4) is 0 Å². The highest BCUT2D eigenvalue weighted by atomic mass is 35.5. The van der Waals surface area contributed by atoms with Gasteiger partial charge in [-0.15, -0.1) is 0 Å². The van der Waals surface area contributed by atoms with Crippen LogP contribution in [0.3, 0.4) is 0 Å². The number of halogens is 1. The van der Waals surface area contributed by atoms with Crippen molar-refractivity contribution in [3.05, 3.63) is 71.0 Å². The van der Waals surface area contributed by atoms with E-state index in [4.69, 9.17) is 11.6 Å². The van der Waals surface area contributed by atoms with E-state index in [1.54, 1.807) is 0 Å². The first-order chi connectivity index (χ1) is 9.16. The Bertz CT molecular complexity index is 541. The predicted octanol–water partition coefficient (Wildman–Crippen LogP) is 5.21. The highest BCUT2D eigenvalue weighted by molar-refractivity contribution is 6.30. The summed E-state index contributed by atoms with van der Waals surface area (Å²) < 4.78 is 0. The molecule has 1 aromatic heterocycles. The van der Waals surface area contributed by atoms with Crippen molar-refractivity contribution < 1.29 is 0 Å². The van der Waals surface area contributed by atoms with E-state index < -0.39 is 0 Å². The highest BCUT2D eigenvalue weighted by Crippen LogP contribution is 2.24. The van der Waals surface area contributed by atoms with Gasteiger partial charge in [-0.3, -0.25) is 4.98 Å². The molecule has 0 unspecified atom stereocenters. The molecule has 1 nitrogen and oxygen atoms in total. The molecule has 2 heteroatoms. The van der Waals surface area contributed by atoms with E-state index >= 15 is 0 Å². The molecule has 0 fully saturated rings. The molecule has 0 bridgehead atoms. The monoisotopic (exact) mass is 271 g/mol. The summed E-state index contributed by atoms with van der Waals surface area (Å²) in [5, 5.41) is 0.757. The van der Waals surface area contributed by atoms with E-state index in [-0.39, 0.29) is 0 Å². The Morgan fingerprint density at radius 2 is 1.89 bits per heavy atom. The third kappa shape index (κ3) is 3.93. The van der Waals surface area contributed by atoms with Crippen LogP contribution in [0.2, 0.25) is 5.02 Å². The SMILES string of the molecule is CC(C)C/C=C(\c1ccc(Cl)cc1)c1ccccn1. The molecule has 0 aliphatic rings. The van der Waals surface area contributed by atoms with Gasteiger partial charge in [-0.25, -0.2) is 0 Å². The number of hydrogen-bond donors (Lipinski definition) is 0. The second kappa shape index (κ2) is 6.53. The fourth-order valence-corrected chi connectivity index (χ4v) is 2.00. The number of allylic oxidation sites excluding steroid dienone is 1. The molecule has 2 rings (SSSR count). The van der Waals surface area contributed by atoms with Gasteiger partial charge in [0.15, 0.2) is 0 Å². The Balaban J connectivity index is 2.40. The van der Waals surface area contributed by atoms with Gasteiger partial charge in [-0.05, 0) is 42.2 Å². The number of hydrogen-bond acceptors (Lipinski definition) is 1. The molecule has 0 N–H and O–H groups in total. The number of aromatic nitrogens is 1. The van der Waals surface area contributed by atoms with Gasteiger partial charge in [0.05, 0.1) is 5.69 Å². The van der Waals surface area contributed by atoms with Gasteiger partial charge in [-0.2, -0.15) is 0 Å². The summed E-state index contributed by atoms with van der Waals surface area (Å²) in [6, 6.07) is 13.9. The second-order valence-electron chi connectivity index (χ2n) is 4.97. The average molecular weight is 272 g/mol. The topological polar surface area (TPSA) is 12.9 Å². The maximum absolute atomic E-state index is 5.95. The van der Waals surface area contributed by atoms with Crippen LogP contribution < -0.4 is 0 Å². The lowest BCUT2D eigenvalue weighted by molar-refractivity contribution is 0.664. The van der Waals surface area contributed by atoms with Gasteiger partial charge in [0.25, 0.3) is 0 Å². The van der Waals surface area contributed by atoms with Crippen LogP contribution in [0, 0.1) is 5.92 Å². The molecule has 0 saturated carbocycles. The van der Waals surface area contributed by atoms with Crippen LogP contribution in [0.25, 0.3) is 5.57 Å². The fraction of sp³-hybridized carbons (Fsp3) is 0.235. The van der Waals surface area contributed by atoms with E-state index in [2.05, 4.69) is 24.9 Å². The molecule has 1 aromatic carbocycles. The normalized spacial score (nSPS) is 11.9. The van der Waals surface area contributed by atoms with E-state index in [0.29, 0.717) is 5.92 Å². The minimum atomic E-state index is 0.631. The Morgan fingerprint density at radius 1 is 1.16 bits per heavy atom. The molecule has 0 aliphatic heterocycles. The van der Waals surface area contributed by atoms with Crippen molar-refractivity contribution in [2.24, 2.45) is 5.92 Å². The molecular weight excluding hydrogens is 254 g/mol. The summed E-state index contributed by atoms with van der Waals surface area (Å²) in [6.45, 7) is 4.43. The van der Waals surface area contributed by atoms with Gasteiger partial charge in [0.1, 0.15) is 0 Å². The van der Waals surface area contributed by atoms with Gasteiger partial charge in [-0.1, -0.05) is 49.7 Å². The van der Waals surface area contributed by atoms with Gasteiger partial charge in [0.2, 0.25) is 0 Å². The van der Waals surface area contributed by atoms with Gasteiger partial charge < -0.3 is 0 Å². The lowest BCUT2D eigenvalue weighted by atomic mass is 9.98. The van der Waals surface area contributed by atoms with Crippen molar-refractivity contribution in [1.82, 2.24) is 4.98 Å². The third-order valence-electron chi connectivity index (χ3n) is 2.89. The first-order valence-corrected chi connectivity index (χ1v) is 6.92. The third-order valence-corrected chi connectivity index (χ3v) is 3.14. The Labute approximate surface area is 120 Å². The molecule has 0 spiro atoms. The summed E-state index contributed by atoms with van der Waals surface area (Å²) in [6.07, 6.45) is 5.12. The Kier molecular flexibility index (Phi) is 4.75. The lowest BCUT2D eigenvalue weighted by Crippen LogP contribution is -1.93. The fourth-order valence-electron chi connectivity index (χ4n) is 1.88. The highest BCUT2D eigenvalue weighted by Gasteiger charge is 2.06. The molecular formula is C17H18ClN. The first-order valence-electron chi connectivity index (χ1n) is 6.54. The molecule has 0 saturated heterocycles. The maximum Gasteiger partial charge on any atom is 0.0704 e. The first kappa shape index (κ1) is 13.8. The number of pyridine rings is 1. The minimum Gasteiger partial charge on any atom is -0.256 e. The smallest absolute Gasteiger partial charge is 0.0704 e. The zero-order valence-corrected chi connectivity index (χ0v) is 12.1. The van der Waals surface area contributed by atoms with Gasteiger partial charge in [0, 0.05) is 16.8 Å². The second-order valence-corrected chi connectivity index (χ2v) is 5.41.